The third kappa shape index (κ3) is 3.71. The lowest BCUT2D eigenvalue weighted by atomic mass is 10.0. The van der Waals surface area contributed by atoms with Crippen LogP contribution in [-0.2, 0) is 14.6 Å². The summed E-state index contributed by atoms with van der Waals surface area (Å²) in [5.74, 6) is -0.666. The van der Waals surface area contributed by atoms with E-state index in [9.17, 15) is 17.6 Å². The number of amides is 1. The Labute approximate surface area is 175 Å². The molecule has 1 fully saturated rings. The van der Waals surface area contributed by atoms with Crippen molar-refractivity contribution in [1.82, 2.24) is 9.55 Å². The van der Waals surface area contributed by atoms with Crippen molar-refractivity contribution in [3.8, 4) is 11.4 Å². The van der Waals surface area contributed by atoms with Crippen LogP contribution in [0.2, 0.25) is 0 Å². The Kier molecular flexibility index (Phi) is 5.13. The Morgan fingerprint density at radius 1 is 1.27 bits per heavy atom. The molecule has 1 aliphatic heterocycles. The van der Waals surface area contributed by atoms with Crippen molar-refractivity contribution >= 4 is 32.5 Å². The Balaban J connectivity index is 1.81. The molecule has 158 valence electrons. The van der Waals surface area contributed by atoms with Gasteiger partial charge in [-0.3, -0.25) is 4.79 Å². The van der Waals surface area contributed by atoms with Gasteiger partial charge in [-0.1, -0.05) is 12.1 Å². The van der Waals surface area contributed by atoms with Crippen LogP contribution in [0.1, 0.15) is 31.9 Å². The molecule has 6 nitrogen and oxygen atoms in total. The summed E-state index contributed by atoms with van der Waals surface area (Å²) in [5, 5.41) is 2.95. The summed E-state index contributed by atoms with van der Waals surface area (Å²) in [6.45, 7) is 5.92. The second-order valence-electron chi connectivity index (χ2n) is 8.12. The van der Waals surface area contributed by atoms with E-state index in [2.05, 4.69) is 10.3 Å². The number of benzene rings is 2. The van der Waals surface area contributed by atoms with Gasteiger partial charge in [-0.15, -0.1) is 0 Å². The van der Waals surface area contributed by atoms with Gasteiger partial charge < -0.3 is 9.88 Å². The van der Waals surface area contributed by atoms with Crippen molar-refractivity contribution in [3.63, 3.8) is 0 Å². The minimum Gasteiger partial charge on any atom is -0.325 e. The van der Waals surface area contributed by atoms with Gasteiger partial charge in [0.05, 0.1) is 34.1 Å². The first-order chi connectivity index (χ1) is 14.2. The molecule has 0 radical (unpaired) electrons. The van der Waals surface area contributed by atoms with Crippen LogP contribution in [0.25, 0.3) is 22.4 Å². The molecule has 8 heteroatoms. The number of halogens is 1. The molecule has 4 rings (SSSR count). The van der Waals surface area contributed by atoms with E-state index in [1.54, 1.807) is 6.07 Å². The number of imidazole rings is 1. The van der Waals surface area contributed by atoms with Gasteiger partial charge in [0.1, 0.15) is 11.6 Å². The second kappa shape index (κ2) is 7.50. The maximum Gasteiger partial charge on any atom is 0.228 e. The number of nitrogens with zero attached hydrogens (tertiary/aromatic N) is 2. The van der Waals surface area contributed by atoms with E-state index in [1.165, 1.54) is 12.1 Å². The van der Waals surface area contributed by atoms with E-state index in [0.29, 0.717) is 23.4 Å². The molecule has 3 aromatic rings. The molecule has 0 aliphatic carbocycles. The summed E-state index contributed by atoms with van der Waals surface area (Å²) in [5.41, 5.74) is 3.51. The fourth-order valence-corrected chi connectivity index (χ4v) is 5.77. The molecule has 0 saturated carbocycles. The second-order valence-corrected chi connectivity index (χ2v) is 10.3. The highest BCUT2D eigenvalue weighted by Crippen LogP contribution is 2.35. The van der Waals surface area contributed by atoms with Crippen LogP contribution in [0.4, 0.5) is 10.1 Å². The van der Waals surface area contributed by atoms with Crippen molar-refractivity contribution in [1.29, 1.82) is 0 Å². The fourth-order valence-electron chi connectivity index (χ4n) is 4.03. The first-order valence-electron chi connectivity index (χ1n) is 9.95. The Morgan fingerprint density at radius 2 is 2.03 bits per heavy atom. The van der Waals surface area contributed by atoms with Crippen LogP contribution >= 0.6 is 0 Å². The topological polar surface area (TPSA) is 81.1 Å². The van der Waals surface area contributed by atoms with E-state index < -0.39 is 15.8 Å². The van der Waals surface area contributed by atoms with Crippen LogP contribution in [-0.4, -0.2) is 35.4 Å². The number of aromatic nitrogens is 2. The minimum atomic E-state index is -3.16. The molecule has 1 atom stereocenters. The molecule has 1 aliphatic rings. The number of nitrogens with one attached hydrogen (secondary N) is 1. The monoisotopic (exact) mass is 429 g/mol. The molecule has 0 bridgehead atoms. The average Bonchev–Trinajstić information content (AvgIpc) is 3.22. The molecular formula is C22H24FN3O3S. The number of carbonyl (C=O) groups is 1. The Morgan fingerprint density at radius 3 is 2.70 bits per heavy atom. The quantitative estimate of drug-likeness (QED) is 0.677. The molecule has 1 aromatic heterocycles. The van der Waals surface area contributed by atoms with E-state index in [4.69, 9.17) is 0 Å². The molecule has 1 unspecified atom stereocenters. The number of fused-ring (bicyclic) bond motifs is 1. The predicted octanol–water partition coefficient (Wildman–Crippen LogP) is 4.10. The third-order valence-corrected chi connectivity index (χ3v) is 7.30. The molecule has 2 heterocycles. The molecular weight excluding hydrogens is 405 g/mol. The normalized spacial score (nSPS) is 18.2. The number of para-hydroxylation sites is 1. The number of carbonyl (C=O) groups excluding carboxylic acids is 1. The summed E-state index contributed by atoms with van der Waals surface area (Å²) in [4.78, 5) is 17.5. The lowest BCUT2D eigenvalue weighted by molar-refractivity contribution is -0.119. The summed E-state index contributed by atoms with van der Waals surface area (Å²) in [7, 11) is -3.16. The maximum absolute atomic E-state index is 13.8. The minimum absolute atomic E-state index is 0.0421. The summed E-state index contributed by atoms with van der Waals surface area (Å²) < 4.78 is 39.3. The third-order valence-electron chi connectivity index (χ3n) is 5.53. The van der Waals surface area contributed by atoms with Gasteiger partial charge in [0, 0.05) is 17.7 Å². The predicted molar refractivity (Wildman–Crippen MR) is 116 cm³/mol. The van der Waals surface area contributed by atoms with E-state index in [1.807, 2.05) is 43.5 Å². The number of anilines is 1. The number of hydrogen-bond acceptors (Lipinski definition) is 4. The smallest absolute Gasteiger partial charge is 0.228 e. The number of hydrogen-bond donors (Lipinski definition) is 1. The number of rotatable bonds is 4. The van der Waals surface area contributed by atoms with Crippen molar-refractivity contribution in [2.75, 3.05) is 16.8 Å². The van der Waals surface area contributed by atoms with E-state index in [-0.39, 0.29) is 29.3 Å². The highest BCUT2D eigenvalue weighted by molar-refractivity contribution is 7.91. The lowest BCUT2D eigenvalue weighted by Gasteiger charge is -2.18. The zero-order chi connectivity index (χ0) is 21.6. The SMILES string of the molecule is Cc1cccc(-c2nc3cc(F)ccc3n2C(C)C)c1NC(=O)C1CCS(=O)(=O)C1. The highest BCUT2D eigenvalue weighted by Gasteiger charge is 2.33. The maximum atomic E-state index is 13.8. The summed E-state index contributed by atoms with van der Waals surface area (Å²) in [6, 6.07) is 10.2. The van der Waals surface area contributed by atoms with Crippen LogP contribution in [0.3, 0.4) is 0 Å². The molecule has 1 amide bonds. The first-order valence-corrected chi connectivity index (χ1v) is 11.8. The van der Waals surface area contributed by atoms with Crippen LogP contribution in [0.5, 0.6) is 0 Å². The molecule has 1 N–H and O–H groups in total. The van der Waals surface area contributed by atoms with Crippen molar-refractivity contribution in [2.24, 2.45) is 5.92 Å². The molecule has 1 saturated heterocycles. The van der Waals surface area contributed by atoms with Crippen molar-refractivity contribution in [2.45, 2.75) is 33.2 Å². The standard InChI is InChI=1S/C22H24FN3O3S/c1-13(2)26-19-8-7-16(23)11-18(19)24-21(26)17-6-4-5-14(3)20(17)25-22(27)15-9-10-30(28,29)12-15/h4-8,11,13,15H,9-10,12H2,1-3H3,(H,25,27). The van der Waals surface area contributed by atoms with Gasteiger partial charge in [0.25, 0.3) is 0 Å². The van der Waals surface area contributed by atoms with Crippen molar-refractivity contribution < 1.29 is 17.6 Å². The van der Waals surface area contributed by atoms with Crippen LogP contribution in [0, 0.1) is 18.7 Å². The fraction of sp³-hybridized carbons (Fsp3) is 0.364. The number of aryl methyl sites for hydroxylation is 1. The summed E-state index contributed by atoms with van der Waals surface area (Å²) in [6.07, 6.45) is 0.333. The van der Waals surface area contributed by atoms with Gasteiger partial charge in [0.15, 0.2) is 9.84 Å². The zero-order valence-electron chi connectivity index (χ0n) is 17.1. The largest absolute Gasteiger partial charge is 0.325 e. The van der Waals surface area contributed by atoms with Gasteiger partial charge in [-0.2, -0.15) is 0 Å². The zero-order valence-corrected chi connectivity index (χ0v) is 18.0. The van der Waals surface area contributed by atoms with Gasteiger partial charge in [0.2, 0.25) is 5.91 Å². The Bertz CT molecular complexity index is 1250. The lowest BCUT2D eigenvalue weighted by Crippen LogP contribution is -2.24. The van der Waals surface area contributed by atoms with E-state index >= 15 is 0 Å². The Hall–Kier alpha value is -2.74. The molecule has 0 spiro atoms. The van der Waals surface area contributed by atoms with Crippen LogP contribution in [0.15, 0.2) is 36.4 Å². The highest BCUT2D eigenvalue weighted by atomic mass is 32.2. The molecule has 2 aromatic carbocycles. The number of sulfone groups is 1. The van der Waals surface area contributed by atoms with Gasteiger partial charge >= 0.3 is 0 Å². The first kappa shape index (κ1) is 20.5. The van der Waals surface area contributed by atoms with Crippen LogP contribution < -0.4 is 5.32 Å². The van der Waals surface area contributed by atoms with Gasteiger partial charge in [-0.05, 0) is 51.0 Å². The van der Waals surface area contributed by atoms with Crippen molar-refractivity contribution in [3.05, 3.63) is 47.8 Å². The van der Waals surface area contributed by atoms with Gasteiger partial charge in [-0.25, -0.2) is 17.8 Å². The summed E-state index contributed by atoms with van der Waals surface area (Å²) >= 11 is 0. The average molecular weight is 430 g/mol. The van der Waals surface area contributed by atoms with E-state index in [0.717, 1.165) is 16.6 Å². The molecule has 30 heavy (non-hydrogen) atoms.